The Bertz CT molecular complexity index is 393. The molecule has 0 spiro atoms. The van der Waals surface area contributed by atoms with Gasteiger partial charge in [0.1, 0.15) is 12.4 Å². The zero-order chi connectivity index (χ0) is 13.4. The highest BCUT2D eigenvalue weighted by atomic mass is 16.5. The third-order valence-corrected chi connectivity index (χ3v) is 2.76. The maximum absolute atomic E-state index is 11.4. The second-order valence-electron chi connectivity index (χ2n) is 4.11. The van der Waals surface area contributed by atoms with Gasteiger partial charge in [0.05, 0.1) is 13.0 Å². The molecule has 18 heavy (non-hydrogen) atoms. The van der Waals surface area contributed by atoms with E-state index >= 15 is 0 Å². The quantitative estimate of drug-likeness (QED) is 0.725. The molecule has 0 heterocycles. The summed E-state index contributed by atoms with van der Waals surface area (Å²) in [4.78, 5) is 11.4. The number of carbonyl (C=O) groups excluding carboxylic acids is 1. The van der Waals surface area contributed by atoms with E-state index in [0.29, 0.717) is 6.61 Å². The van der Waals surface area contributed by atoms with Gasteiger partial charge in [-0.05, 0) is 30.2 Å². The molecule has 0 fully saturated rings. The summed E-state index contributed by atoms with van der Waals surface area (Å²) in [6, 6.07) is 7.69. The number of esters is 1. The van der Waals surface area contributed by atoms with Crippen LogP contribution in [0.2, 0.25) is 0 Å². The zero-order valence-electron chi connectivity index (χ0n) is 11.2. The van der Waals surface area contributed by atoms with Crippen molar-refractivity contribution in [3.63, 3.8) is 0 Å². The van der Waals surface area contributed by atoms with E-state index in [1.165, 1.54) is 0 Å². The van der Waals surface area contributed by atoms with Crippen molar-refractivity contribution in [2.75, 3.05) is 13.7 Å². The van der Waals surface area contributed by atoms with Crippen molar-refractivity contribution >= 4 is 12.0 Å². The average molecular weight is 248 g/mol. The summed E-state index contributed by atoms with van der Waals surface area (Å²) in [5, 5.41) is 0. The number of rotatable bonds is 6. The van der Waals surface area contributed by atoms with Gasteiger partial charge in [0.2, 0.25) is 0 Å². The highest BCUT2D eigenvalue weighted by molar-refractivity contribution is 5.72. The van der Waals surface area contributed by atoms with Crippen molar-refractivity contribution in [3.8, 4) is 5.75 Å². The number of hydrogen-bond acceptors (Lipinski definition) is 3. The third kappa shape index (κ3) is 4.62. The van der Waals surface area contributed by atoms with Gasteiger partial charge in [0, 0.05) is 0 Å². The lowest BCUT2D eigenvalue weighted by molar-refractivity contribution is -0.146. The van der Waals surface area contributed by atoms with Crippen LogP contribution in [0.5, 0.6) is 5.75 Å². The minimum absolute atomic E-state index is 0.0283. The van der Waals surface area contributed by atoms with E-state index in [0.717, 1.165) is 17.7 Å². The highest BCUT2D eigenvalue weighted by Gasteiger charge is 2.10. The molecule has 3 nitrogen and oxygen atoms in total. The Morgan fingerprint density at radius 2 is 2.00 bits per heavy atom. The predicted octanol–water partition coefficient (Wildman–Crippen LogP) is 3.30. The molecule has 0 aromatic heterocycles. The normalized spacial score (nSPS) is 12.4. The molecule has 0 saturated heterocycles. The van der Waals surface area contributed by atoms with Crippen LogP contribution in [0.1, 0.15) is 25.8 Å². The fourth-order valence-corrected chi connectivity index (χ4v) is 1.34. The molecule has 0 aliphatic carbocycles. The van der Waals surface area contributed by atoms with Gasteiger partial charge >= 0.3 is 5.97 Å². The lowest BCUT2D eigenvalue weighted by Crippen LogP contribution is -2.13. The minimum Gasteiger partial charge on any atom is -0.497 e. The number of carbonyl (C=O) groups is 1. The topological polar surface area (TPSA) is 35.5 Å². The number of benzene rings is 1. The van der Waals surface area contributed by atoms with E-state index in [1.807, 2.05) is 50.3 Å². The summed E-state index contributed by atoms with van der Waals surface area (Å²) in [5.74, 6) is 0.659. The fraction of sp³-hybridized carbons (Fsp3) is 0.400. The Labute approximate surface area is 108 Å². The van der Waals surface area contributed by atoms with Crippen LogP contribution in [-0.2, 0) is 9.53 Å². The van der Waals surface area contributed by atoms with E-state index in [2.05, 4.69) is 0 Å². The Morgan fingerprint density at radius 3 is 2.56 bits per heavy atom. The SMILES string of the molecule is CC[C@H](C)C(=O)OC/C=C/c1ccc(OC)cc1. The van der Waals surface area contributed by atoms with Crippen LogP contribution >= 0.6 is 0 Å². The Morgan fingerprint density at radius 1 is 1.33 bits per heavy atom. The molecule has 1 atom stereocenters. The van der Waals surface area contributed by atoms with Crippen LogP contribution in [0.15, 0.2) is 30.3 Å². The average Bonchev–Trinajstić information content (AvgIpc) is 2.43. The van der Waals surface area contributed by atoms with Crippen molar-refractivity contribution in [1.29, 1.82) is 0 Å². The lowest BCUT2D eigenvalue weighted by atomic mass is 10.1. The molecule has 0 unspecified atom stereocenters. The molecule has 0 radical (unpaired) electrons. The van der Waals surface area contributed by atoms with Crippen LogP contribution in [-0.4, -0.2) is 19.7 Å². The van der Waals surface area contributed by atoms with Gasteiger partial charge in [-0.2, -0.15) is 0 Å². The fourth-order valence-electron chi connectivity index (χ4n) is 1.34. The monoisotopic (exact) mass is 248 g/mol. The first-order valence-corrected chi connectivity index (χ1v) is 6.14. The molecule has 0 N–H and O–H groups in total. The van der Waals surface area contributed by atoms with E-state index in [4.69, 9.17) is 9.47 Å². The molecule has 1 rings (SSSR count). The molecule has 0 aliphatic heterocycles. The Hall–Kier alpha value is -1.77. The van der Waals surface area contributed by atoms with Crippen molar-refractivity contribution in [3.05, 3.63) is 35.9 Å². The van der Waals surface area contributed by atoms with Crippen LogP contribution in [0.4, 0.5) is 0 Å². The predicted molar refractivity (Wildman–Crippen MR) is 72.4 cm³/mol. The number of ether oxygens (including phenoxy) is 2. The van der Waals surface area contributed by atoms with E-state index in [1.54, 1.807) is 7.11 Å². The second-order valence-corrected chi connectivity index (χ2v) is 4.11. The molecule has 0 saturated carbocycles. The standard InChI is InChI=1S/C15H20O3/c1-4-12(2)15(16)18-11-5-6-13-7-9-14(17-3)10-8-13/h5-10,12H,4,11H2,1-3H3/b6-5+/t12-/m0/s1. The van der Waals surface area contributed by atoms with E-state index < -0.39 is 0 Å². The molecular weight excluding hydrogens is 228 g/mol. The van der Waals surface area contributed by atoms with Crippen LogP contribution < -0.4 is 4.74 Å². The molecule has 1 aromatic carbocycles. The third-order valence-electron chi connectivity index (χ3n) is 2.76. The molecular formula is C15H20O3. The van der Waals surface area contributed by atoms with Crippen LogP contribution in [0.25, 0.3) is 6.08 Å². The first-order chi connectivity index (χ1) is 8.67. The summed E-state index contributed by atoms with van der Waals surface area (Å²) < 4.78 is 10.2. The van der Waals surface area contributed by atoms with Gasteiger partial charge in [0.25, 0.3) is 0 Å². The number of methoxy groups -OCH3 is 1. The van der Waals surface area contributed by atoms with Gasteiger partial charge in [-0.15, -0.1) is 0 Å². The van der Waals surface area contributed by atoms with Crippen LogP contribution in [0, 0.1) is 5.92 Å². The first kappa shape index (κ1) is 14.3. The minimum atomic E-state index is -0.142. The van der Waals surface area contributed by atoms with Gasteiger partial charge < -0.3 is 9.47 Å². The maximum Gasteiger partial charge on any atom is 0.308 e. The summed E-state index contributed by atoms with van der Waals surface area (Å²) in [5.41, 5.74) is 1.05. The van der Waals surface area contributed by atoms with Crippen molar-refractivity contribution in [2.24, 2.45) is 5.92 Å². The van der Waals surface area contributed by atoms with Gasteiger partial charge in [-0.1, -0.05) is 32.1 Å². The maximum atomic E-state index is 11.4. The second kappa shape index (κ2) is 7.54. The van der Waals surface area contributed by atoms with Crippen molar-refractivity contribution in [1.82, 2.24) is 0 Å². The Balaban J connectivity index is 2.38. The molecule has 0 aliphatic rings. The van der Waals surface area contributed by atoms with Crippen molar-refractivity contribution < 1.29 is 14.3 Å². The largest absolute Gasteiger partial charge is 0.497 e. The molecule has 0 bridgehead atoms. The lowest BCUT2D eigenvalue weighted by Gasteiger charge is -2.06. The Kier molecular flexibility index (Phi) is 5.98. The summed E-state index contributed by atoms with van der Waals surface area (Å²) in [6.07, 6.45) is 4.56. The summed E-state index contributed by atoms with van der Waals surface area (Å²) in [6.45, 7) is 4.16. The number of hydrogen-bond donors (Lipinski definition) is 0. The molecule has 98 valence electrons. The van der Waals surface area contributed by atoms with E-state index in [-0.39, 0.29) is 11.9 Å². The summed E-state index contributed by atoms with van der Waals surface area (Å²) in [7, 11) is 1.64. The molecule has 3 heteroatoms. The molecule has 0 amide bonds. The first-order valence-electron chi connectivity index (χ1n) is 6.14. The van der Waals surface area contributed by atoms with Crippen LogP contribution in [0.3, 0.4) is 0 Å². The van der Waals surface area contributed by atoms with Gasteiger partial charge in [-0.25, -0.2) is 0 Å². The highest BCUT2D eigenvalue weighted by Crippen LogP contribution is 2.12. The molecule has 1 aromatic rings. The van der Waals surface area contributed by atoms with Gasteiger partial charge in [0.15, 0.2) is 0 Å². The summed E-state index contributed by atoms with van der Waals surface area (Å²) >= 11 is 0. The zero-order valence-corrected chi connectivity index (χ0v) is 11.2. The smallest absolute Gasteiger partial charge is 0.308 e. The van der Waals surface area contributed by atoms with E-state index in [9.17, 15) is 4.79 Å². The van der Waals surface area contributed by atoms with Gasteiger partial charge in [-0.3, -0.25) is 4.79 Å². The van der Waals surface area contributed by atoms with Crippen molar-refractivity contribution in [2.45, 2.75) is 20.3 Å².